The largest absolute Gasteiger partial charge is 0.433 e. The predicted molar refractivity (Wildman–Crippen MR) is 66.8 cm³/mol. The average Bonchev–Trinajstić information content (AvgIpc) is 2.43. The number of anilines is 1. The normalized spacial score (nSPS) is 10.3. The van der Waals surface area contributed by atoms with Gasteiger partial charge in [0, 0.05) is 19.2 Å². The van der Waals surface area contributed by atoms with Crippen LogP contribution in [0.15, 0.2) is 24.3 Å². The van der Waals surface area contributed by atoms with E-state index in [4.69, 9.17) is 4.74 Å². The van der Waals surface area contributed by atoms with Gasteiger partial charge in [-0.1, -0.05) is 0 Å². The van der Waals surface area contributed by atoms with Crippen molar-refractivity contribution in [3.63, 3.8) is 0 Å². The van der Waals surface area contributed by atoms with Crippen molar-refractivity contribution >= 4 is 11.5 Å². The second-order valence-corrected chi connectivity index (χ2v) is 3.83. The lowest BCUT2D eigenvalue weighted by Gasteiger charge is -2.09. The summed E-state index contributed by atoms with van der Waals surface area (Å²) in [7, 11) is 1.36. The van der Waals surface area contributed by atoms with Crippen molar-refractivity contribution in [1.29, 1.82) is 0 Å². The van der Waals surface area contributed by atoms with Crippen molar-refractivity contribution in [2.75, 3.05) is 12.4 Å². The van der Waals surface area contributed by atoms with Crippen LogP contribution in [0.2, 0.25) is 0 Å². The zero-order chi connectivity index (χ0) is 15.6. The number of hydrogen-bond donors (Lipinski definition) is 1. The highest BCUT2D eigenvalue weighted by Crippen LogP contribution is 2.29. The van der Waals surface area contributed by atoms with E-state index in [9.17, 15) is 23.3 Å². The molecule has 0 aliphatic heterocycles. The van der Waals surface area contributed by atoms with Crippen LogP contribution >= 0.6 is 0 Å². The first-order chi connectivity index (χ1) is 9.92. The van der Waals surface area contributed by atoms with Crippen molar-refractivity contribution in [1.82, 2.24) is 4.98 Å². The summed E-state index contributed by atoms with van der Waals surface area (Å²) in [4.78, 5) is 13.2. The maximum Gasteiger partial charge on any atom is 0.272 e. The number of nitro benzene ring substituents is 1. The zero-order valence-corrected chi connectivity index (χ0v) is 10.6. The summed E-state index contributed by atoms with van der Waals surface area (Å²) in [5, 5.41) is 12.8. The van der Waals surface area contributed by atoms with E-state index in [1.807, 2.05) is 0 Å². The molecule has 0 saturated carbocycles. The van der Waals surface area contributed by atoms with Gasteiger partial charge in [-0.05, 0) is 6.07 Å². The monoisotopic (exact) mass is 299 g/mol. The molecular weight excluding hydrogens is 291 g/mol. The Balaban J connectivity index is 2.36. The number of pyridine rings is 1. The lowest BCUT2D eigenvalue weighted by Crippen LogP contribution is -2.01. The molecule has 2 aromatic rings. The summed E-state index contributed by atoms with van der Waals surface area (Å²) >= 11 is 0. The Hall–Kier alpha value is -2.84. The molecule has 2 rings (SSSR count). The minimum Gasteiger partial charge on any atom is -0.433 e. The first-order valence-electron chi connectivity index (χ1n) is 5.58. The highest BCUT2D eigenvalue weighted by molar-refractivity contribution is 5.42. The molecule has 0 aliphatic rings. The van der Waals surface area contributed by atoms with E-state index in [1.165, 1.54) is 7.05 Å². The number of nitrogens with one attached hydrogen (secondary N) is 1. The molecule has 6 nitrogen and oxygen atoms in total. The van der Waals surface area contributed by atoms with Gasteiger partial charge in [-0.3, -0.25) is 10.1 Å². The molecule has 0 aliphatic carbocycles. The highest BCUT2D eigenvalue weighted by atomic mass is 19.1. The van der Waals surface area contributed by atoms with Crippen LogP contribution in [0.3, 0.4) is 0 Å². The molecule has 110 valence electrons. The highest BCUT2D eigenvalue weighted by Gasteiger charge is 2.17. The smallest absolute Gasteiger partial charge is 0.272 e. The third-order valence-electron chi connectivity index (χ3n) is 2.47. The number of rotatable bonds is 4. The third-order valence-corrected chi connectivity index (χ3v) is 2.47. The Morgan fingerprint density at radius 2 is 1.90 bits per heavy atom. The van der Waals surface area contributed by atoms with Crippen LogP contribution in [-0.4, -0.2) is 17.0 Å². The fraction of sp³-hybridized carbons (Fsp3) is 0.0833. The summed E-state index contributed by atoms with van der Waals surface area (Å²) in [5.41, 5.74) is -0.483. The van der Waals surface area contributed by atoms with Gasteiger partial charge in [-0.2, -0.15) is 4.98 Å². The van der Waals surface area contributed by atoms with E-state index in [1.54, 1.807) is 0 Å². The molecule has 9 heteroatoms. The number of nitrogens with zero attached hydrogens (tertiary/aromatic N) is 2. The van der Waals surface area contributed by atoms with Gasteiger partial charge in [-0.25, -0.2) is 13.2 Å². The molecule has 0 saturated heterocycles. The summed E-state index contributed by atoms with van der Waals surface area (Å²) in [6.45, 7) is 0. The first kappa shape index (κ1) is 14.6. The van der Waals surface area contributed by atoms with E-state index < -0.39 is 39.7 Å². The Labute approximate surface area is 116 Å². The Morgan fingerprint density at radius 1 is 1.19 bits per heavy atom. The molecule has 0 amide bonds. The molecule has 21 heavy (non-hydrogen) atoms. The van der Waals surface area contributed by atoms with Gasteiger partial charge in [0.1, 0.15) is 0 Å². The number of hydrogen-bond acceptors (Lipinski definition) is 5. The van der Waals surface area contributed by atoms with Gasteiger partial charge >= 0.3 is 0 Å². The van der Waals surface area contributed by atoms with E-state index in [-0.39, 0.29) is 5.82 Å². The minimum absolute atomic E-state index is 0.284. The molecule has 1 aromatic carbocycles. The van der Waals surface area contributed by atoms with Crippen molar-refractivity contribution in [3.05, 3.63) is 51.8 Å². The fourth-order valence-corrected chi connectivity index (χ4v) is 1.49. The summed E-state index contributed by atoms with van der Waals surface area (Å²) in [6, 6.07) is 3.09. The maximum atomic E-state index is 13.6. The maximum absolute atomic E-state index is 13.6. The number of ether oxygens (including phenoxy) is 1. The third kappa shape index (κ3) is 3.02. The molecule has 0 bridgehead atoms. The minimum atomic E-state index is -1.13. The van der Waals surface area contributed by atoms with Gasteiger partial charge in [0.2, 0.25) is 0 Å². The Kier molecular flexibility index (Phi) is 3.92. The number of halogens is 3. The molecule has 0 unspecified atom stereocenters. The van der Waals surface area contributed by atoms with Crippen LogP contribution in [0, 0.1) is 27.6 Å². The van der Waals surface area contributed by atoms with E-state index in [0.717, 1.165) is 12.1 Å². The van der Waals surface area contributed by atoms with Crippen LogP contribution in [-0.2, 0) is 0 Å². The first-order valence-corrected chi connectivity index (χ1v) is 5.58. The molecular formula is C12H8F3N3O3. The number of non-ortho nitro benzene ring substituents is 1. The second-order valence-electron chi connectivity index (χ2n) is 3.83. The topological polar surface area (TPSA) is 77.3 Å². The molecule has 1 heterocycles. The van der Waals surface area contributed by atoms with Crippen LogP contribution in [0.4, 0.5) is 24.7 Å². The Bertz CT molecular complexity index is 710. The summed E-state index contributed by atoms with van der Waals surface area (Å²) in [6.07, 6.45) is 0. The van der Waals surface area contributed by atoms with Crippen molar-refractivity contribution in [3.8, 4) is 11.6 Å². The van der Waals surface area contributed by atoms with Gasteiger partial charge in [-0.15, -0.1) is 0 Å². The van der Waals surface area contributed by atoms with Crippen molar-refractivity contribution < 1.29 is 22.8 Å². The summed E-state index contributed by atoms with van der Waals surface area (Å²) in [5.74, 6) is -4.56. The number of benzene rings is 1. The lowest BCUT2D eigenvalue weighted by molar-refractivity contribution is -0.385. The summed E-state index contributed by atoms with van der Waals surface area (Å²) < 4.78 is 45.2. The predicted octanol–water partition coefficient (Wildman–Crippen LogP) is 3.24. The fourth-order valence-electron chi connectivity index (χ4n) is 1.49. The number of nitro groups is 1. The molecule has 1 aromatic heterocycles. The molecule has 0 radical (unpaired) electrons. The van der Waals surface area contributed by atoms with E-state index in [2.05, 4.69) is 10.3 Å². The van der Waals surface area contributed by atoms with Crippen molar-refractivity contribution in [2.45, 2.75) is 0 Å². The average molecular weight is 299 g/mol. The van der Waals surface area contributed by atoms with Crippen LogP contribution in [0.25, 0.3) is 0 Å². The van der Waals surface area contributed by atoms with Gasteiger partial charge in [0.25, 0.3) is 11.6 Å². The van der Waals surface area contributed by atoms with E-state index in [0.29, 0.717) is 12.1 Å². The van der Waals surface area contributed by atoms with Gasteiger partial charge < -0.3 is 10.1 Å². The van der Waals surface area contributed by atoms with Crippen LogP contribution in [0.1, 0.15) is 0 Å². The van der Waals surface area contributed by atoms with Crippen LogP contribution in [0.5, 0.6) is 11.6 Å². The standard InChI is InChI=1S/C12H8F3N3O3/c1-16-11-8(14)5-9(15)12(17-11)21-10-3-2-6(18(19)20)4-7(10)13/h2-5H,1H3,(H,16,17). The van der Waals surface area contributed by atoms with Crippen LogP contribution < -0.4 is 10.1 Å². The van der Waals surface area contributed by atoms with Gasteiger partial charge in [0.15, 0.2) is 29.0 Å². The molecule has 0 fully saturated rings. The molecule has 0 spiro atoms. The van der Waals surface area contributed by atoms with Crippen molar-refractivity contribution in [2.24, 2.45) is 0 Å². The van der Waals surface area contributed by atoms with Gasteiger partial charge in [0.05, 0.1) is 11.0 Å². The SMILES string of the molecule is CNc1nc(Oc2ccc([N+](=O)[O-])cc2F)c(F)cc1F. The quantitative estimate of drug-likeness (QED) is 0.692. The van der Waals surface area contributed by atoms with E-state index >= 15 is 0 Å². The molecule has 0 atom stereocenters. The Morgan fingerprint density at radius 3 is 2.48 bits per heavy atom. The second kappa shape index (κ2) is 5.65. The number of aromatic nitrogens is 1. The zero-order valence-electron chi connectivity index (χ0n) is 10.6. The lowest BCUT2D eigenvalue weighted by atomic mass is 10.3. The molecule has 1 N–H and O–H groups in total.